The maximum atomic E-state index is 8.77. The van der Waals surface area contributed by atoms with Crippen LogP contribution in [0.1, 0.15) is 0 Å². The Hall–Kier alpha value is 0.350. The Bertz CT molecular complexity index is 118. The number of rotatable bonds is 1. The summed E-state index contributed by atoms with van der Waals surface area (Å²) in [6.07, 6.45) is 0. The van der Waals surface area contributed by atoms with Crippen LogP contribution < -0.4 is 0 Å². The van der Waals surface area contributed by atoms with Crippen molar-refractivity contribution in [1.82, 2.24) is 4.67 Å². The van der Waals surface area contributed by atoms with Gasteiger partial charge in [0.05, 0.1) is 0 Å². The van der Waals surface area contributed by atoms with Gasteiger partial charge in [-0.3, -0.25) is 4.67 Å². The summed E-state index contributed by atoms with van der Waals surface area (Å²) in [5, 5.41) is 8.77. The SMILES string of the molecule is OC[C@H]1C2CN(P)C[C@@H]21. The van der Waals surface area contributed by atoms with Gasteiger partial charge < -0.3 is 5.11 Å². The van der Waals surface area contributed by atoms with E-state index in [1.54, 1.807) is 0 Å². The Morgan fingerprint density at radius 1 is 1.44 bits per heavy atom. The first kappa shape index (κ1) is 6.09. The van der Waals surface area contributed by atoms with Crippen LogP contribution in [0.15, 0.2) is 0 Å². The molecular formula is C6H12NOP. The summed E-state index contributed by atoms with van der Waals surface area (Å²) in [4.78, 5) is 0. The Labute approximate surface area is 57.5 Å². The fraction of sp³-hybridized carbons (Fsp3) is 1.00. The first-order chi connectivity index (χ1) is 4.33. The molecule has 2 rings (SSSR count). The van der Waals surface area contributed by atoms with Crippen LogP contribution in [-0.4, -0.2) is 29.5 Å². The van der Waals surface area contributed by atoms with Crippen molar-refractivity contribution < 1.29 is 5.11 Å². The van der Waals surface area contributed by atoms with Crippen molar-refractivity contribution in [2.75, 3.05) is 19.7 Å². The average molecular weight is 145 g/mol. The van der Waals surface area contributed by atoms with E-state index in [1.165, 1.54) is 13.1 Å². The number of hydrogen-bond donors (Lipinski definition) is 1. The molecule has 0 spiro atoms. The molecule has 0 amide bonds. The summed E-state index contributed by atoms with van der Waals surface area (Å²) in [7, 11) is 2.72. The van der Waals surface area contributed by atoms with E-state index < -0.39 is 0 Å². The fourth-order valence-corrected chi connectivity index (χ4v) is 2.44. The highest BCUT2D eigenvalue weighted by Crippen LogP contribution is 2.51. The number of fused-ring (bicyclic) bond motifs is 1. The van der Waals surface area contributed by atoms with Gasteiger partial charge in [0.2, 0.25) is 0 Å². The molecular weight excluding hydrogens is 133 g/mol. The van der Waals surface area contributed by atoms with Crippen LogP contribution in [0.5, 0.6) is 0 Å². The lowest BCUT2D eigenvalue weighted by molar-refractivity contribution is 0.250. The minimum absolute atomic E-state index is 0.411. The summed E-state index contributed by atoms with van der Waals surface area (Å²) >= 11 is 0. The van der Waals surface area contributed by atoms with E-state index in [-0.39, 0.29) is 0 Å². The maximum Gasteiger partial charge on any atom is 0.0465 e. The van der Waals surface area contributed by atoms with Gasteiger partial charge in [-0.25, -0.2) is 0 Å². The molecule has 2 fully saturated rings. The van der Waals surface area contributed by atoms with Crippen LogP contribution in [0, 0.1) is 17.8 Å². The van der Waals surface area contributed by atoms with E-state index in [4.69, 9.17) is 5.11 Å². The lowest BCUT2D eigenvalue weighted by Gasteiger charge is -2.10. The third kappa shape index (κ3) is 0.813. The predicted octanol–water partition coefficient (Wildman–Crippen LogP) is -0.0534. The van der Waals surface area contributed by atoms with Crippen molar-refractivity contribution in [2.45, 2.75) is 0 Å². The van der Waals surface area contributed by atoms with E-state index in [2.05, 4.69) is 14.1 Å². The highest BCUT2D eigenvalue weighted by molar-refractivity contribution is 7.13. The van der Waals surface area contributed by atoms with Crippen molar-refractivity contribution >= 4 is 9.39 Å². The molecule has 3 heteroatoms. The lowest BCUT2D eigenvalue weighted by atomic mass is 10.3. The molecule has 2 nitrogen and oxygen atoms in total. The van der Waals surface area contributed by atoms with Crippen molar-refractivity contribution in [1.29, 1.82) is 0 Å². The highest BCUT2D eigenvalue weighted by atomic mass is 31.0. The van der Waals surface area contributed by atoms with Gasteiger partial charge in [0.25, 0.3) is 0 Å². The topological polar surface area (TPSA) is 23.5 Å². The van der Waals surface area contributed by atoms with Gasteiger partial charge in [0.1, 0.15) is 0 Å². The van der Waals surface area contributed by atoms with E-state index in [0.717, 1.165) is 11.8 Å². The van der Waals surface area contributed by atoms with E-state index >= 15 is 0 Å². The van der Waals surface area contributed by atoms with E-state index in [1.807, 2.05) is 0 Å². The second kappa shape index (κ2) is 1.91. The van der Waals surface area contributed by atoms with E-state index in [0.29, 0.717) is 12.5 Å². The van der Waals surface area contributed by atoms with Crippen LogP contribution in [-0.2, 0) is 0 Å². The van der Waals surface area contributed by atoms with Gasteiger partial charge >= 0.3 is 0 Å². The quantitative estimate of drug-likeness (QED) is 0.523. The van der Waals surface area contributed by atoms with Gasteiger partial charge in [-0.15, -0.1) is 0 Å². The Morgan fingerprint density at radius 2 is 2.00 bits per heavy atom. The molecule has 1 aliphatic carbocycles. The third-order valence-corrected chi connectivity index (χ3v) is 3.03. The van der Waals surface area contributed by atoms with Crippen molar-refractivity contribution in [3.05, 3.63) is 0 Å². The van der Waals surface area contributed by atoms with Crippen LogP contribution in [0.2, 0.25) is 0 Å². The maximum absolute atomic E-state index is 8.77. The zero-order chi connectivity index (χ0) is 6.43. The van der Waals surface area contributed by atoms with Gasteiger partial charge in [-0.1, -0.05) is 9.39 Å². The van der Waals surface area contributed by atoms with Crippen LogP contribution in [0.4, 0.5) is 0 Å². The Balaban J connectivity index is 1.91. The summed E-state index contributed by atoms with van der Waals surface area (Å²) in [5.74, 6) is 2.31. The average Bonchev–Trinajstić information content (AvgIpc) is 2.30. The molecule has 0 aromatic rings. The number of piperidine rings is 1. The minimum Gasteiger partial charge on any atom is -0.396 e. The predicted molar refractivity (Wildman–Crippen MR) is 38.8 cm³/mol. The first-order valence-electron chi connectivity index (χ1n) is 3.43. The molecule has 52 valence electrons. The molecule has 0 bridgehead atoms. The summed E-state index contributed by atoms with van der Waals surface area (Å²) in [6.45, 7) is 2.77. The number of nitrogens with zero attached hydrogens (tertiary/aromatic N) is 1. The minimum atomic E-state index is 0.411. The Kier molecular flexibility index (Phi) is 1.29. The second-order valence-electron chi connectivity index (χ2n) is 3.13. The standard InChI is InChI=1S/C6H12NOP/c8-3-6-4-1-7(9)2-5(4)6/h4-6,8H,1-3,9H2/t4-,5?,6+/m0/s1. The Morgan fingerprint density at radius 3 is 2.44 bits per heavy atom. The van der Waals surface area contributed by atoms with Crippen LogP contribution >= 0.6 is 9.39 Å². The number of hydrogen-bond acceptors (Lipinski definition) is 2. The molecule has 1 aliphatic heterocycles. The van der Waals surface area contributed by atoms with Crippen molar-refractivity contribution in [3.63, 3.8) is 0 Å². The molecule has 1 N–H and O–H groups in total. The molecule has 1 saturated carbocycles. The molecule has 1 saturated heterocycles. The van der Waals surface area contributed by atoms with Gasteiger partial charge in [-0.2, -0.15) is 0 Å². The smallest absolute Gasteiger partial charge is 0.0465 e. The molecule has 2 aliphatic rings. The van der Waals surface area contributed by atoms with Crippen molar-refractivity contribution in [3.8, 4) is 0 Å². The van der Waals surface area contributed by atoms with Crippen LogP contribution in [0.3, 0.4) is 0 Å². The molecule has 9 heavy (non-hydrogen) atoms. The molecule has 0 radical (unpaired) electrons. The highest BCUT2D eigenvalue weighted by Gasteiger charge is 2.54. The zero-order valence-electron chi connectivity index (χ0n) is 5.33. The summed E-state index contributed by atoms with van der Waals surface area (Å²) in [5.41, 5.74) is 0. The lowest BCUT2D eigenvalue weighted by Crippen LogP contribution is -2.13. The largest absolute Gasteiger partial charge is 0.396 e. The molecule has 4 atom stereocenters. The first-order valence-corrected chi connectivity index (χ1v) is 3.95. The number of aliphatic hydroxyl groups excluding tert-OH is 1. The fourth-order valence-electron chi connectivity index (χ4n) is 1.95. The third-order valence-electron chi connectivity index (χ3n) is 2.61. The van der Waals surface area contributed by atoms with Gasteiger partial charge in [0.15, 0.2) is 0 Å². The second-order valence-corrected chi connectivity index (χ2v) is 3.86. The van der Waals surface area contributed by atoms with Gasteiger partial charge in [0, 0.05) is 19.7 Å². The van der Waals surface area contributed by atoms with Gasteiger partial charge in [-0.05, 0) is 17.8 Å². The van der Waals surface area contributed by atoms with Crippen LogP contribution in [0.25, 0.3) is 0 Å². The molecule has 1 heterocycles. The normalized spacial score (nSPS) is 49.3. The summed E-state index contributed by atoms with van der Waals surface area (Å²) < 4.78 is 2.27. The molecule has 0 aromatic heterocycles. The molecule has 0 aromatic carbocycles. The van der Waals surface area contributed by atoms with E-state index in [9.17, 15) is 0 Å². The summed E-state index contributed by atoms with van der Waals surface area (Å²) in [6, 6.07) is 0. The molecule has 2 unspecified atom stereocenters. The van der Waals surface area contributed by atoms with Crippen molar-refractivity contribution in [2.24, 2.45) is 17.8 Å². The monoisotopic (exact) mass is 145 g/mol. The zero-order valence-corrected chi connectivity index (χ0v) is 6.48. The number of aliphatic hydroxyl groups is 1.